The average Bonchev–Trinajstić information content (AvgIpc) is 2.41. The number of nitrogen functional groups attached to an aromatic ring is 1. The largest absolute Gasteiger partial charge is 0.448 e. The van der Waals surface area contributed by atoms with Crippen molar-refractivity contribution in [2.75, 3.05) is 0 Å². The fourth-order valence-electron chi connectivity index (χ4n) is 1.70. The van der Waals surface area contributed by atoms with Crippen LogP contribution < -0.4 is 10.5 Å². The highest BCUT2D eigenvalue weighted by molar-refractivity contribution is 9.10. The van der Waals surface area contributed by atoms with Gasteiger partial charge in [0.15, 0.2) is 0 Å². The van der Waals surface area contributed by atoms with Crippen LogP contribution in [0.2, 0.25) is 0 Å². The summed E-state index contributed by atoms with van der Waals surface area (Å²) in [5.41, 5.74) is 6.09. The number of nitro groups is 1. The van der Waals surface area contributed by atoms with E-state index in [9.17, 15) is 10.1 Å². The maximum atomic E-state index is 11.1. The summed E-state index contributed by atoms with van der Waals surface area (Å²) < 4.78 is 6.16. The Bertz CT molecular complexity index is 716. The molecule has 1 aromatic heterocycles. The van der Waals surface area contributed by atoms with Crippen LogP contribution in [-0.2, 0) is 0 Å². The Hall–Kier alpha value is -2.48. The number of nitrogens with one attached hydrogen (secondary N) is 1. The normalized spacial score (nSPS) is 10.2. The van der Waals surface area contributed by atoms with Gasteiger partial charge in [-0.1, -0.05) is 15.9 Å². The van der Waals surface area contributed by atoms with E-state index in [-0.39, 0.29) is 17.3 Å². The monoisotopic (exact) mass is 350 g/mol. The van der Waals surface area contributed by atoms with Crippen molar-refractivity contribution in [3.05, 3.63) is 56.3 Å². The minimum Gasteiger partial charge on any atom is -0.448 e. The lowest BCUT2D eigenvalue weighted by atomic mass is 10.2. The zero-order valence-electron chi connectivity index (χ0n) is 11.0. The average molecular weight is 351 g/mol. The number of nitrogens with two attached hydrogens (primary N) is 1. The second kappa shape index (κ2) is 5.88. The van der Waals surface area contributed by atoms with Crippen molar-refractivity contribution in [1.82, 2.24) is 4.98 Å². The number of hydrogen-bond acceptors (Lipinski definition) is 5. The van der Waals surface area contributed by atoms with Gasteiger partial charge in [0.1, 0.15) is 17.3 Å². The van der Waals surface area contributed by atoms with Crippen molar-refractivity contribution in [1.29, 1.82) is 5.41 Å². The quantitative estimate of drug-likeness (QED) is 0.380. The number of nitro benzene ring substituents is 1. The molecule has 0 atom stereocenters. The van der Waals surface area contributed by atoms with Crippen LogP contribution in [0.5, 0.6) is 11.5 Å². The Morgan fingerprint density at radius 1 is 1.48 bits per heavy atom. The smallest absolute Gasteiger partial charge is 0.312 e. The van der Waals surface area contributed by atoms with E-state index >= 15 is 0 Å². The highest BCUT2D eigenvalue weighted by Crippen LogP contribution is 2.36. The molecule has 0 spiro atoms. The highest BCUT2D eigenvalue weighted by atomic mass is 79.9. The standard InChI is InChI=1S/C13H11BrN4O3/c1-7-4-8(14)5-11(18(19)20)12(7)21-9-2-3-10(13(15)16)17-6-9/h2-6H,1H3,(H3,15,16). The number of benzene rings is 1. The van der Waals surface area contributed by atoms with E-state index in [2.05, 4.69) is 20.9 Å². The number of halogens is 1. The van der Waals surface area contributed by atoms with Crippen LogP contribution in [0.4, 0.5) is 5.69 Å². The van der Waals surface area contributed by atoms with Gasteiger partial charge in [0.05, 0.1) is 11.1 Å². The Kier molecular flexibility index (Phi) is 4.18. The third-order valence-corrected chi connectivity index (χ3v) is 3.11. The SMILES string of the molecule is Cc1cc(Br)cc([N+](=O)[O-])c1Oc1ccc(C(=N)N)nc1. The molecule has 2 aromatic rings. The van der Waals surface area contributed by atoms with Gasteiger partial charge in [0.25, 0.3) is 0 Å². The molecule has 7 nitrogen and oxygen atoms in total. The summed E-state index contributed by atoms with van der Waals surface area (Å²) in [4.78, 5) is 14.5. The predicted molar refractivity (Wildman–Crippen MR) is 80.9 cm³/mol. The van der Waals surface area contributed by atoms with E-state index in [4.69, 9.17) is 15.9 Å². The third kappa shape index (κ3) is 3.34. The van der Waals surface area contributed by atoms with Crippen LogP contribution in [0.1, 0.15) is 11.3 Å². The van der Waals surface area contributed by atoms with Crippen LogP contribution in [0.3, 0.4) is 0 Å². The summed E-state index contributed by atoms with van der Waals surface area (Å²) >= 11 is 3.22. The van der Waals surface area contributed by atoms with E-state index in [1.165, 1.54) is 18.3 Å². The summed E-state index contributed by atoms with van der Waals surface area (Å²) in [6.45, 7) is 1.71. The van der Waals surface area contributed by atoms with Crippen LogP contribution >= 0.6 is 15.9 Å². The molecule has 1 aromatic carbocycles. The number of pyridine rings is 1. The number of aromatic nitrogens is 1. The molecule has 0 radical (unpaired) electrons. The topological polar surface area (TPSA) is 115 Å². The fraction of sp³-hybridized carbons (Fsp3) is 0.0769. The molecular weight excluding hydrogens is 340 g/mol. The van der Waals surface area contributed by atoms with E-state index in [1.54, 1.807) is 19.1 Å². The van der Waals surface area contributed by atoms with Crippen molar-refractivity contribution in [3.63, 3.8) is 0 Å². The van der Waals surface area contributed by atoms with Crippen molar-refractivity contribution in [2.45, 2.75) is 6.92 Å². The third-order valence-electron chi connectivity index (χ3n) is 2.65. The number of nitrogens with zero attached hydrogens (tertiary/aromatic N) is 2. The first-order chi connectivity index (χ1) is 9.88. The zero-order valence-corrected chi connectivity index (χ0v) is 12.5. The molecule has 2 rings (SSSR count). The van der Waals surface area contributed by atoms with Gasteiger partial charge in [-0.15, -0.1) is 0 Å². The molecular formula is C13H11BrN4O3. The number of amidine groups is 1. The molecule has 108 valence electrons. The van der Waals surface area contributed by atoms with Crippen LogP contribution in [-0.4, -0.2) is 15.7 Å². The molecule has 21 heavy (non-hydrogen) atoms. The van der Waals surface area contributed by atoms with Gasteiger partial charge < -0.3 is 10.5 Å². The molecule has 0 bridgehead atoms. The second-order valence-electron chi connectivity index (χ2n) is 4.22. The molecule has 0 amide bonds. The van der Waals surface area contributed by atoms with Gasteiger partial charge in [-0.25, -0.2) is 4.98 Å². The first-order valence-corrected chi connectivity index (χ1v) is 6.60. The molecule has 0 aliphatic rings. The molecule has 0 saturated carbocycles. The van der Waals surface area contributed by atoms with Gasteiger partial charge in [-0.2, -0.15) is 0 Å². The number of rotatable bonds is 4. The van der Waals surface area contributed by atoms with Crippen LogP contribution in [0.25, 0.3) is 0 Å². The summed E-state index contributed by atoms with van der Waals surface area (Å²) in [5.74, 6) is 0.321. The molecule has 0 saturated heterocycles. The van der Waals surface area contributed by atoms with Crippen molar-refractivity contribution >= 4 is 27.5 Å². The Labute approximate surface area is 128 Å². The minimum absolute atomic E-state index is 0.141. The molecule has 0 fully saturated rings. The van der Waals surface area contributed by atoms with E-state index in [1.807, 2.05) is 0 Å². The lowest BCUT2D eigenvalue weighted by Crippen LogP contribution is -2.12. The molecule has 0 aliphatic heterocycles. The van der Waals surface area contributed by atoms with E-state index < -0.39 is 4.92 Å². The van der Waals surface area contributed by atoms with Crippen LogP contribution in [0.15, 0.2) is 34.9 Å². The Morgan fingerprint density at radius 3 is 2.71 bits per heavy atom. The first kappa shape index (κ1) is 14.9. The van der Waals surface area contributed by atoms with Crippen molar-refractivity contribution in [3.8, 4) is 11.5 Å². The van der Waals surface area contributed by atoms with Gasteiger partial charge >= 0.3 is 5.69 Å². The van der Waals surface area contributed by atoms with Gasteiger partial charge in [0, 0.05) is 10.5 Å². The van der Waals surface area contributed by atoms with Crippen molar-refractivity contribution < 1.29 is 9.66 Å². The van der Waals surface area contributed by atoms with Crippen LogP contribution in [0, 0.1) is 22.4 Å². The van der Waals surface area contributed by atoms with E-state index in [0.717, 1.165) is 0 Å². The minimum atomic E-state index is -0.509. The van der Waals surface area contributed by atoms with Gasteiger partial charge in [-0.05, 0) is 30.7 Å². The van der Waals surface area contributed by atoms with E-state index in [0.29, 0.717) is 21.5 Å². The van der Waals surface area contributed by atoms with Gasteiger partial charge in [0.2, 0.25) is 5.75 Å². The lowest BCUT2D eigenvalue weighted by Gasteiger charge is -2.09. The summed E-state index contributed by atoms with van der Waals surface area (Å²) in [5, 5.41) is 18.4. The predicted octanol–water partition coefficient (Wildman–Crippen LogP) is 3.14. The summed E-state index contributed by atoms with van der Waals surface area (Å²) in [7, 11) is 0. The maximum Gasteiger partial charge on any atom is 0.312 e. The molecule has 0 unspecified atom stereocenters. The fourth-order valence-corrected chi connectivity index (χ4v) is 2.26. The highest BCUT2D eigenvalue weighted by Gasteiger charge is 2.19. The molecule has 1 heterocycles. The summed E-state index contributed by atoms with van der Waals surface area (Å²) in [6, 6.07) is 6.16. The first-order valence-electron chi connectivity index (χ1n) is 5.81. The molecule has 3 N–H and O–H groups in total. The van der Waals surface area contributed by atoms with Crippen molar-refractivity contribution in [2.24, 2.45) is 5.73 Å². The Morgan fingerprint density at radius 2 is 2.19 bits per heavy atom. The second-order valence-corrected chi connectivity index (χ2v) is 5.14. The summed E-state index contributed by atoms with van der Waals surface area (Å²) in [6.07, 6.45) is 1.36. The number of aryl methyl sites for hydroxylation is 1. The molecule has 8 heteroatoms. The number of ether oxygens (including phenoxy) is 1. The zero-order chi connectivity index (χ0) is 15.6. The Balaban J connectivity index is 2.39. The lowest BCUT2D eigenvalue weighted by molar-refractivity contribution is -0.385. The maximum absolute atomic E-state index is 11.1. The van der Waals surface area contributed by atoms with Gasteiger partial charge in [-0.3, -0.25) is 15.5 Å². The molecule has 0 aliphatic carbocycles. The number of hydrogen-bond donors (Lipinski definition) is 2.